The lowest BCUT2D eigenvalue weighted by atomic mass is 9.99. The molecule has 0 saturated carbocycles. The Kier molecular flexibility index (Phi) is 4.48. The van der Waals surface area contributed by atoms with Crippen LogP contribution in [0.2, 0.25) is 0 Å². The van der Waals surface area contributed by atoms with E-state index < -0.39 is 0 Å². The number of nitrogens with one attached hydrogen (secondary N) is 2. The highest BCUT2D eigenvalue weighted by atomic mass is 16.3. The Bertz CT molecular complexity index is 608. The molecule has 2 aromatic rings. The molecule has 4 nitrogen and oxygen atoms in total. The van der Waals surface area contributed by atoms with Gasteiger partial charge < -0.3 is 14.6 Å². The van der Waals surface area contributed by atoms with E-state index in [1.807, 2.05) is 37.3 Å². The van der Waals surface area contributed by atoms with E-state index in [2.05, 4.69) is 12.2 Å². The Morgan fingerprint density at radius 2 is 2.09 bits per heavy atom. The second kappa shape index (κ2) is 6.53. The molecule has 1 atom stereocenters. The molecule has 1 fully saturated rings. The molecule has 2 N–H and O–H groups in total. The lowest BCUT2D eigenvalue weighted by Gasteiger charge is -2.27. The predicted octanol–water partition coefficient (Wildman–Crippen LogP) is 1.92. The average molecular weight is 301 g/mol. The first kappa shape index (κ1) is 15.1. The van der Waals surface area contributed by atoms with Gasteiger partial charge in [-0.05, 0) is 37.8 Å². The van der Waals surface area contributed by atoms with Crippen LogP contribution in [0.1, 0.15) is 38.5 Å². The normalized spacial score (nSPS) is 23.4. The van der Waals surface area contributed by atoms with Crippen molar-refractivity contribution < 1.29 is 14.1 Å². The van der Waals surface area contributed by atoms with Gasteiger partial charge in [-0.25, -0.2) is 0 Å². The Hall–Kier alpha value is -1.81. The quantitative estimate of drug-likeness (QED) is 0.906. The number of para-hydroxylation sites is 1. The molecular formula is C18H25N2O2+. The van der Waals surface area contributed by atoms with Gasteiger partial charge in [0.2, 0.25) is 0 Å². The van der Waals surface area contributed by atoms with Crippen LogP contribution in [0.3, 0.4) is 0 Å². The van der Waals surface area contributed by atoms with Gasteiger partial charge in [0.1, 0.15) is 11.3 Å². The molecule has 0 aliphatic carbocycles. The van der Waals surface area contributed by atoms with Crippen LogP contribution >= 0.6 is 0 Å². The molecule has 0 unspecified atom stereocenters. The van der Waals surface area contributed by atoms with Crippen molar-refractivity contribution in [2.75, 3.05) is 19.6 Å². The van der Waals surface area contributed by atoms with Crippen molar-refractivity contribution in [1.29, 1.82) is 0 Å². The van der Waals surface area contributed by atoms with Gasteiger partial charge in [0.05, 0.1) is 19.1 Å². The number of fused-ring (bicyclic) bond motifs is 1. The fraction of sp³-hybridized carbons (Fsp3) is 0.500. The summed E-state index contributed by atoms with van der Waals surface area (Å²) in [4.78, 5) is 13.6. The SMILES string of the molecule is CC1CC[NH+](CC(=O)N[C@H](C)c2cc3ccccc3o2)CC1. The van der Waals surface area contributed by atoms with Crippen LogP contribution in [0.4, 0.5) is 0 Å². The summed E-state index contributed by atoms with van der Waals surface area (Å²) in [5.41, 5.74) is 0.870. The molecule has 4 heteroatoms. The molecule has 0 spiro atoms. The maximum Gasteiger partial charge on any atom is 0.275 e. The molecule has 0 radical (unpaired) electrons. The summed E-state index contributed by atoms with van der Waals surface area (Å²) in [6.07, 6.45) is 2.45. The van der Waals surface area contributed by atoms with E-state index in [0.29, 0.717) is 6.54 Å². The minimum absolute atomic E-state index is 0.0944. The number of quaternary nitrogens is 1. The number of carbonyl (C=O) groups is 1. The number of carbonyl (C=O) groups excluding carboxylic acids is 1. The summed E-state index contributed by atoms with van der Waals surface area (Å²) in [5.74, 6) is 1.73. The van der Waals surface area contributed by atoms with E-state index in [0.717, 1.165) is 35.7 Å². The van der Waals surface area contributed by atoms with E-state index >= 15 is 0 Å². The monoisotopic (exact) mass is 301 g/mol. The minimum atomic E-state index is -0.0944. The van der Waals surface area contributed by atoms with Gasteiger partial charge in [0, 0.05) is 5.39 Å². The molecule has 1 aromatic heterocycles. The summed E-state index contributed by atoms with van der Waals surface area (Å²) < 4.78 is 5.81. The van der Waals surface area contributed by atoms with Crippen LogP contribution < -0.4 is 10.2 Å². The van der Waals surface area contributed by atoms with Crippen LogP contribution in [0.15, 0.2) is 34.7 Å². The Morgan fingerprint density at radius 3 is 2.82 bits per heavy atom. The van der Waals surface area contributed by atoms with Crippen molar-refractivity contribution in [3.05, 3.63) is 36.1 Å². The fourth-order valence-corrected chi connectivity index (χ4v) is 3.15. The van der Waals surface area contributed by atoms with Crippen molar-refractivity contribution in [3.63, 3.8) is 0 Å². The number of rotatable bonds is 4. The molecule has 1 aromatic carbocycles. The highest BCUT2D eigenvalue weighted by Crippen LogP contribution is 2.23. The average Bonchev–Trinajstić information content (AvgIpc) is 2.93. The number of hydrogen-bond donors (Lipinski definition) is 2. The van der Waals surface area contributed by atoms with Crippen LogP contribution in [-0.2, 0) is 4.79 Å². The molecule has 118 valence electrons. The zero-order chi connectivity index (χ0) is 15.5. The molecule has 1 amide bonds. The molecule has 2 heterocycles. The van der Waals surface area contributed by atoms with E-state index in [-0.39, 0.29) is 11.9 Å². The lowest BCUT2D eigenvalue weighted by molar-refractivity contribution is -0.898. The number of piperidine rings is 1. The highest BCUT2D eigenvalue weighted by molar-refractivity contribution is 5.79. The first-order valence-electron chi connectivity index (χ1n) is 8.23. The molecule has 22 heavy (non-hydrogen) atoms. The molecule has 1 saturated heterocycles. The van der Waals surface area contributed by atoms with Gasteiger partial charge in [-0.2, -0.15) is 0 Å². The Balaban J connectivity index is 1.56. The largest absolute Gasteiger partial charge is 0.459 e. The van der Waals surface area contributed by atoms with Crippen molar-refractivity contribution in [2.45, 2.75) is 32.7 Å². The first-order chi connectivity index (χ1) is 10.6. The summed E-state index contributed by atoms with van der Waals surface area (Å²) in [6.45, 7) is 7.04. The standard InChI is InChI=1S/C18H24N2O2/c1-13-7-9-20(10-8-13)12-18(21)19-14(2)17-11-15-5-3-4-6-16(15)22-17/h3-6,11,13-14H,7-10,12H2,1-2H3,(H,19,21)/p+1/t14-/m1/s1. The highest BCUT2D eigenvalue weighted by Gasteiger charge is 2.22. The minimum Gasteiger partial charge on any atom is -0.459 e. The van der Waals surface area contributed by atoms with Crippen LogP contribution in [0.25, 0.3) is 11.0 Å². The third-order valence-corrected chi connectivity index (χ3v) is 4.64. The van der Waals surface area contributed by atoms with Gasteiger partial charge in [0.25, 0.3) is 5.91 Å². The van der Waals surface area contributed by atoms with Crippen molar-refractivity contribution >= 4 is 16.9 Å². The second-order valence-corrected chi connectivity index (χ2v) is 6.59. The van der Waals surface area contributed by atoms with Crippen molar-refractivity contribution in [1.82, 2.24) is 5.32 Å². The van der Waals surface area contributed by atoms with Crippen molar-refractivity contribution in [3.8, 4) is 0 Å². The van der Waals surface area contributed by atoms with Gasteiger partial charge in [0.15, 0.2) is 6.54 Å². The van der Waals surface area contributed by atoms with Gasteiger partial charge in [-0.3, -0.25) is 4.79 Å². The fourth-order valence-electron chi connectivity index (χ4n) is 3.15. The van der Waals surface area contributed by atoms with E-state index in [1.165, 1.54) is 17.7 Å². The number of benzene rings is 1. The molecular weight excluding hydrogens is 276 g/mol. The maximum atomic E-state index is 12.2. The van der Waals surface area contributed by atoms with Crippen molar-refractivity contribution in [2.24, 2.45) is 5.92 Å². The first-order valence-corrected chi connectivity index (χ1v) is 8.23. The number of amides is 1. The molecule has 1 aliphatic rings. The zero-order valence-electron chi connectivity index (χ0n) is 13.4. The molecule has 1 aliphatic heterocycles. The van der Waals surface area contributed by atoms with Gasteiger partial charge in [-0.1, -0.05) is 25.1 Å². The molecule has 0 bridgehead atoms. The lowest BCUT2D eigenvalue weighted by Crippen LogP contribution is -3.14. The van der Waals surface area contributed by atoms with Crippen LogP contribution in [-0.4, -0.2) is 25.5 Å². The number of hydrogen-bond acceptors (Lipinski definition) is 2. The Morgan fingerprint density at radius 1 is 1.36 bits per heavy atom. The summed E-state index contributed by atoms with van der Waals surface area (Å²) in [7, 11) is 0. The topological polar surface area (TPSA) is 46.7 Å². The van der Waals surface area contributed by atoms with Gasteiger partial charge in [-0.15, -0.1) is 0 Å². The number of furan rings is 1. The summed E-state index contributed by atoms with van der Waals surface area (Å²) in [5, 5.41) is 4.14. The third-order valence-electron chi connectivity index (χ3n) is 4.64. The predicted molar refractivity (Wildman–Crippen MR) is 86.7 cm³/mol. The number of likely N-dealkylation sites (tertiary alicyclic amines) is 1. The third kappa shape index (κ3) is 3.50. The Labute approximate surface area is 131 Å². The van der Waals surface area contributed by atoms with Gasteiger partial charge >= 0.3 is 0 Å². The maximum absolute atomic E-state index is 12.2. The molecule has 3 rings (SSSR count). The van der Waals surface area contributed by atoms with E-state index in [1.54, 1.807) is 0 Å². The summed E-state index contributed by atoms with van der Waals surface area (Å²) in [6, 6.07) is 9.84. The summed E-state index contributed by atoms with van der Waals surface area (Å²) >= 11 is 0. The zero-order valence-corrected chi connectivity index (χ0v) is 13.4. The van der Waals surface area contributed by atoms with E-state index in [4.69, 9.17) is 4.42 Å². The van der Waals surface area contributed by atoms with Crippen LogP contribution in [0.5, 0.6) is 0 Å². The van der Waals surface area contributed by atoms with Crippen LogP contribution in [0, 0.1) is 5.92 Å². The smallest absolute Gasteiger partial charge is 0.275 e. The van der Waals surface area contributed by atoms with E-state index in [9.17, 15) is 4.79 Å². The second-order valence-electron chi connectivity index (χ2n) is 6.59.